The molecule has 1 aliphatic heterocycles. The third-order valence-corrected chi connectivity index (χ3v) is 3.35. The number of fused-ring (bicyclic) bond motifs is 1. The highest BCUT2D eigenvalue weighted by molar-refractivity contribution is 6.00. The molecule has 0 amide bonds. The second-order valence-corrected chi connectivity index (χ2v) is 4.51. The molecule has 1 aromatic carbocycles. The predicted octanol–water partition coefficient (Wildman–Crippen LogP) is 2.24. The van der Waals surface area contributed by atoms with Crippen LogP contribution >= 0.6 is 0 Å². The van der Waals surface area contributed by atoms with Crippen molar-refractivity contribution in [3.05, 3.63) is 36.2 Å². The maximum Gasteiger partial charge on any atom is 0.166 e. The van der Waals surface area contributed by atoms with Gasteiger partial charge in [-0.1, -0.05) is 0 Å². The smallest absolute Gasteiger partial charge is 0.166 e. The summed E-state index contributed by atoms with van der Waals surface area (Å²) in [5, 5.41) is 0. The number of ether oxygens (including phenoxy) is 1. The zero-order chi connectivity index (χ0) is 12.4. The van der Waals surface area contributed by atoms with Crippen LogP contribution in [-0.4, -0.2) is 29.0 Å². The Balaban J connectivity index is 1.91. The maximum atomic E-state index is 12.3. The molecule has 1 aliphatic rings. The minimum absolute atomic E-state index is 0.0906. The normalized spacial score (nSPS) is 16.9. The van der Waals surface area contributed by atoms with Crippen LogP contribution in [0.4, 0.5) is 0 Å². The molecule has 2 aromatic rings. The van der Waals surface area contributed by atoms with Crippen LogP contribution in [-0.2, 0) is 4.74 Å². The molecule has 1 fully saturated rings. The molecule has 92 valence electrons. The van der Waals surface area contributed by atoms with Crippen LogP contribution < -0.4 is 0 Å². The number of hydrogen-bond acceptors (Lipinski definition) is 4. The largest absolute Gasteiger partial charge is 0.381 e. The lowest BCUT2D eigenvalue weighted by molar-refractivity contribution is 0.0545. The summed E-state index contributed by atoms with van der Waals surface area (Å²) in [5.41, 5.74) is 2.33. The van der Waals surface area contributed by atoms with Gasteiger partial charge in [-0.3, -0.25) is 14.8 Å². The number of ketones is 1. The van der Waals surface area contributed by atoms with Crippen LogP contribution in [0.1, 0.15) is 23.2 Å². The van der Waals surface area contributed by atoms with Crippen molar-refractivity contribution in [2.45, 2.75) is 12.8 Å². The van der Waals surface area contributed by atoms with Gasteiger partial charge < -0.3 is 4.74 Å². The molecule has 0 bridgehead atoms. The molecule has 1 aromatic heterocycles. The quantitative estimate of drug-likeness (QED) is 0.758. The molecule has 0 saturated carbocycles. The van der Waals surface area contributed by atoms with Crippen LogP contribution in [0.3, 0.4) is 0 Å². The molecular formula is C14H14N2O2. The highest BCUT2D eigenvalue weighted by Gasteiger charge is 2.22. The van der Waals surface area contributed by atoms with E-state index < -0.39 is 0 Å². The van der Waals surface area contributed by atoms with E-state index in [2.05, 4.69) is 9.97 Å². The third-order valence-electron chi connectivity index (χ3n) is 3.35. The zero-order valence-electron chi connectivity index (χ0n) is 10.0. The SMILES string of the molecule is O=C(c1ccc2nccnc2c1)C1CCOCC1. The van der Waals surface area contributed by atoms with Gasteiger partial charge in [0.1, 0.15) is 0 Å². The van der Waals surface area contributed by atoms with E-state index in [-0.39, 0.29) is 11.7 Å². The van der Waals surface area contributed by atoms with Gasteiger partial charge in [-0.15, -0.1) is 0 Å². The van der Waals surface area contributed by atoms with Crippen molar-refractivity contribution in [3.8, 4) is 0 Å². The van der Waals surface area contributed by atoms with Crippen molar-refractivity contribution >= 4 is 16.8 Å². The van der Waals surface area contributed by atoms with E-state index in [1.54, 1.807) is 12.4 Å². The lowest BCUT2D eigenvalue weighted by Gasteiger charge is -2.20. The van der Waals surface area contributed by atoms with Crippen LogP contribution in [0.2, 0.25) is 0 Å². The average Bonchev–Trinajstić information content (AvgIpc) is 2.47. The van der Waals surface area contributed by atoms with Crippen molar-refractivity contribution in [1.29, 1.82) is 0 Å². The number of benzene rings is 1. The number of rotatable bonds is 2. The summed E-state index contributed by atoms with van der Waals surface area (Å²) in [6.45, 7) is 1.37. The maximum absolute atomic E-state index is 12.3. The van der Waals surface area contributed by atoms with Crippen molar-refractivity contribution < 1.29 is 9.53 Å². The molecule has 3 rings (SSSR count). The van der Waals surface area contributed by atoms with Gasteiger partial charge >= 0.3 is 0 Å². The van der Waals surface area contributed by atoms with Crippen LogP contribution in [0, 0.1) is 5.92 Å². The molecule has 4 nitrogen and oxygen atoms in total. The number of nitrogens with zero attached hydrogens (tertiary/aromatic N) is 2. The van der Waals surface area contributed by atoms with E-state index in [0.717, 1.165) is 29.4 Å². The summed E-state index contributed by atoms with van der Waals surface area (Å²) in [6, 6.07) is 5.53. The fourth-order valence-electron chi connectivity index (χ4n) is 2.31. The highest BCUT2D eigenvalue weighted by atomic mass is 16.5. The number of carbonyl (C=O) groups is 1. The molecule has 0 radical (unpaired) electrons. The summed E-state index contributed by atoms with van der Waals surface area (Å²) in [5.74, 6) is 0.290. The molecule has 0 unspecified atom stereocenters. The van der Waals surface area contributed by atoms with Crippen molar-refractivity contribution in [1.82, 2.24) is 9.97 Å². The van der Waals surface area contributed by atoms with Gasteiger partial charge in [-0.05, 0) is 31.0 Å². The van der Waals surface area contributed by atoms with E-state index in [9.17, 15) is 4.79 Å². The van der Waals surface area contributed by atoms with E-state index in [0.29, 0.717) is 13.2 Å². The molecular weight excluding hydrogens is 228 g/mol. The minimum atomic E-state index is 0.0906. The zero-order valence-corrected chi connectivity index (χ0v) is 10.0. The fraction of sp³-hybridized carbons (Fsp3) is 0.357. The summed E-state index contributed by atoms with van der Waals surface area (Å²) >= 11 is 0. The average molecular weight is 242 g/mol. The first-order chi connectivity index (χ1) is 8.84. The summed E-state index contributed by atoms with van der Waals surface area (Å²) in [4.78, 5) is 20.8. The van der Waals surface area contributed by atoms with Crippen LogP contribution in [0.15, 0.2) is 30.6 Å². The Kier molecular flexibility index (Phi) is 3.02. The molecule has 1 saturated heterocycles. The summed E-state index contributed by atoms with van der Waals surface area (Å²) in [6.07, 6.45) is 4.93. The van der Waals surface area contributed by atoms with Gasteiger partial charge in [0.25, 0.3) is 0 Å². The third kappa shape index (κ3) is 2.11. The van der Waals surface area contributed by atoms with Crippen molar-refractivity contribution in [2.24, 2.45) is 5.92 Å². The highest BCUT2D eigenvalue weighted by Crippen LogP contribution is 2.21. The lowest BCUT2D eigenvalue weighted by atomic mass is 9.91. The van der Waals surface area contributed by atoms with E-state index in [1.165, 1.54) is 0 Å². The van der Waals surface area contributed by atoms with Gasteiger partial charge in [0.15, 0.2) is 5.78 Å². The first kappa shape index (κ1) is 11.3. The van der Waals surface area contributed by atoms with Gasteiger partial charge in [-0.25, -0.2) is 0 Å². The van der Waals surface area contributed by atoms with Gasteiger partial charge in [0.05, 0.1) is 11.0 Å². The monoisotopic (exact) mass is 242 g/mol. The van der Waals surface area contributed by atoms with Crippen molar-refractivity contribution in [3.63, 3.8) is 0 Å². The standard InChI is InChI=1S/C14H14N2O2/c17-14(10-3-7-18-8-4-10)11-1-2-12-13(9-11)16-6-5-15-12/h1-2,5-6,9-10H,3-4,7-8H2. The topological polar surface area (TPSA) is 52.1 Å². The Morgan fingerprint density at radius 3 is 2.61 bits per heavy atom. The summed E-state index contributed by atoms with van der Waals surface area (Å²) < 4.78 is 5.28. The Labute approximate surface area is 105 Å². The second kappa shape index (κ2) is 4.82. The summed E-state index contributed by atoms with van der Waals surface area (Å²) in [7, 11) is 0. The Bertz CT molecular complexity index is 577. The Morgan fingerprint density at radius 1 is 1.11 bits per heavy atom. The molecule has 0 aliphatic carbocycles. The second-order valence-electron chi connectivity index (χ2n) is 4.51. The number of Topliss-reactive ketones (excluding diaryl/α,β-unsaturated/α-hetero) is 1. The molecule has 0 atom stereocenters. The number of aromatic nitrogens is 2. The predicted molar refractivity (Wildman–Crippen MR) is 67.4 cm³/mol. The lowest BCUT2D eigenvalue weighted by Crippen LogP contribution is -2.23. The number of carbonyl (C=O) groups excluding carboxylic acids is 1. The van der Waals surface area contributed by atoms with Gasteiger partial charge in [0, 0.05) is 37.1 Å². The Hall–Kier alpha value is -1.81. The van der Waals surface area contributed by atoms with Gasteiger partial charge in [-0.2, -0.15) is 0 Å². The first-order valence-electron chi connectivity index (χ1n) is 6.17. The van der Waals surface area contributed by atoms with Crippen LogP contribution in [0.5, 0.6) is 0 Å². The first-order valence-corrected chi connectivity index (χ1v) is 6.17. The van der Waals surface area contributed by atoms with E-state index in [1.807, 2.05) is 18.2 Å². The van der Waals surface area contributed by atoms with E-state index >= 15 is 0 Å². The minimum Gasteiger partial charge on any atom is -0.381 e. The van der Waals surface area contributed by atoms with E-state index in [4.69, 9.17) is 4.74 Å². The Morgan fingerprint density at radius 2 is 1.83 bits per heavy atom. The molecule has 4 heteroatoms. The fourth-order valence-corrected chi connectivity index (χ4v) is 2.31. The molecule has 18 heavy (non-hydrogen) atoms. The number of hydrogen-bond donors (Lipinski definition) is 0. The molecule has 2 heterocycles. The van der Waals surface area contributed by atoms with Crippen molar-refractivity contribution in [2.75, 3.05) is 13.2 Å². The molecule has 0 spiro atoms. The van der Waals surface area contributed by atoms with Gasteiger partial charge in [0.2, 0.25) is 0 Å². The molecule has 0 N–H and O–H groups in total. The van der Waals surface area contributed by atoms with Crippen LogP contribution in [0.25, 0.3) is 11.0 Å².